The van der Waals surface area contributed by atoms with Gasteiger partial charge in [0.25, 0.3) is 5.91 Å². The van der Waals surface area contributed by atoms with Crippen molar-refractivity contribution in [1.82, 2.24) is 10.2 Å². The summed E-state index contributed by atoms with van der Waals surface area (Å²) in [6, 6.07) is 8.33. The minimum Gasteiger partial charge on any atom is -0.319 e. The maximum absolute atomic E-state index is 13.2. The number of aryl methyl sites for hydroxylation is 2. The second kappa shape index (κ2) is 7.06. The number of carbonyl (C=O) groups excluding carboxylic acids is 3. The number of hydrogen-bond donors (Lipinski definition) is 1. The van der Waals surface area contributed by atoms with E-state index in [1.807, 2.05) is 26.8 Å². The normalized spacial score (nSPS) is 19.1. The van der Waals surface area contributed by atoms with Crippen molar-refractivity contribution in [1.29, 1.82) is 0 Å². The summed E-state index contributed by atoms with van der Waals surface area (Å²) in [7, 11) is 0. The molecule has 5 nitrogen and oxygen atoms in total. The Bertz CT molecular complexity index is 998. The molecule has 1 aliphatic rings. The molecule has 1 saturated heterocycles. The van der Waals surface area contributed by atoms with E-state index < -0.39 is 11.6 Å². The van der Waals surface area contributed by atoms with E-state index in [1.54, 1.807) is 31.2 Å². The lowest BCUT2D eigenvalue weighted by molar-refractivity contribution is -0.131. The minimum absolute atomic E-state index is 0.0283. The molecule has 0 saturated carbocycles. The van der Waals surface area contributed by atoms with Gasteiger partial charge >= 0.3 is 6.03 Å². The van der Waals surface area contributed by atoms with Crippen LogP contribution in [0.2, 0.25) is 5.02 Å². The van der Waals surface area contributed by atoms with E-state index in [2.05, 4.69) is 5.32 Å². The lowest BCUT2D eigenvalue weighted by Gasteiger charge is -2.23. The highest BCUT2D eigenvalue weighted by molar-refractivity contribution is 6.30. The Morgan fingerprint density at radius 3 is 2.29 bits per heavy atom. The first-order valence-corrected chi connectivity index (χ1v) is 9.45. The molecule has 0 aromatic heterocycles. The van der Waals surface area contributed by atoms with Crippen LogP contribution in [0.4, 0.5) is 4.79 Å². The fourth-order valence-corrected chi connectivity index (χ4v) is 4.11. The van der Waals surface area contributed by atoms with Crippen molar-refractivity contribution in [2.24, 2.45) is 0 Å². The maximum atomic E-state index is 13.2. The number of benzene rings is 2. The number of hydrogen-bond acceptors (Lipinski definition) is 3. The molecule has 0 spiro atoms. The number of nitrogens with zero attached hydrogens (tertiary/aromatic N) is 1. The van der Waals surface area contributed by atoms with Crippen molar-refractivity contribution in [2.75, 3.05) is 0 Å². The van der Waals surface area contributed by atoms with Gasteiger partial charge in [-0.2, -0.15) is 0 Å². The van der Waals surface area contributed by atoms with Gasteiger partial charge in [0.2, 0.25) is 0 Å². The van der Waals surface area contributed by atoms with Crippen molar-refractivity contribution >= 4 is 29.3 Å². The van der Waals surface area contributed by atoms with Gasteiger partial charge in [-0.1, -0.05) is 29.8 Å². The number of nitrogens with one attached hydrogen (secondary N) is 1. The molecule has 3 amide bonds. The van der Waals surface area contributed by atoms with Gasteiger partial charge in [-0.25, -0.2) is 4.79 Å². The highest BCUT2D eigenvalue weighted by atomic mass is 35.5. The summed E-state index contributed by atoms with van der Waals surface area (Å²) in [5.41, 5.74) is 3.63. The van der Waals surface area contributed by atoms with Crippen molar-refractivity contribution in [2.45, 2.75) is 46.7 Å². The van der Waals surface area contributed by atoms with E-state index in [-0.39, 0.29) is 18.2 Å². The fourth-order valence-electron chi connectivity index (χ4n) is 3.99. The van der Waals surface area contributed by atoms with Crippen LogP contribution in [0.1, 0.15) is 52.0 Å². The van der Waals surface area contributed by atoms with E-state index in [4.69, 9.17) is 11.6 Å². The van der Waals surface area contributed by atoms with Crippen molar-refractivity contribution in [3.63, 3.8) is 0 Å². The SMILES string of the molecule is CC(=O)c1c(C)cc(C)c(CN2C(=O)NC(C)(c3ccc(Cl)cc3)C2=O)c1C. The van der Waals surface area contributed by atoms with Crippen molar-refractivity contribution in [3.8, 4) is 0 Å². The van der Waals surface area contributed by atoms with Gasteiger partial charge in [-0.3, -0.25) is 14.5 Å². The zero-order valence-corrected chi connectivity index (χ0v) is 17.4. The van der Waals surface area contributed by atoms with Crippen LogP contribution in [-0.4, -0.2) is 22.6 Å². The molecule has 3 rings (SSSR count). The van der Waals surface area contributed by atoms with Gasteiger partial charge in [0.15, 0.2) is 5.78 Å². The standard InChI is InChI=1S/C22H23ClN2O3/c1-12-10-13(2)19(15(4)26)14(3)18(12)11-25-20(27)22(5,24-21(25)28)16-6-8-17(23)9-7-16/h6-10H,11H2,1-5H3,(H,24,28). The van der Waals surface area contributed by atoms with Crippen LogP contribution in [0, 0.1) is 20.8 Å². The summed E-state index contributed by atoms with van der Waals surface area (Å²) in [5, 5.41) is 3.36. The summed E-state index contributed by atoms with van der Waals surface area (Å²) in [5.74, 6) is -0.358. The fraction of sp³-hybridized carbons (Fsp3) is 0.318. The van der Waals surface area contributed by atoms with Crippen LogP contribution in [-0.2, 0) is 16.9 Å². The van der Waals surface area contributed by atoms with Crippen LogP contribution >= 0.6 is 11.6 Å². The Morgan fingerprint density at radius 2 is 1.71 bits per heavy atom. The second-order valence-corrected chi connectivity index (χ2v) is 7.93. The summed E-state index contributed by atoms with van der Waals surface area (Å²) in [6.07, 6.45) is 0. The zero-order chi connectivity index (χ0) is 20.8. The molecular formula is C22H23ClN2O3. The molecule has 1 fully saturated rings. The number of urea groups is 1. The highest BCUT2D eigenvalue weighted by Gasteiger charge is 2.49. The first kappa shape index (κ1) is 20.1. The van der Waals surface area contributed by atoms with Gasteiger partial charge in [0.1, 0.15) is 5.54 Å². The number of ketones is 1. The molecule has 146 valence electrons. The molecule has 28 heavy (non-hydrogen) atoms. The third-order valence-corrected chi connectivity index (χ3v) is 5.75. The molecule has 1 heterocycles. The molecule has 6 heteroatoms. The summed E-state index contributed by atoms with van der Waals surface area (Å²) in [6.45, 7) is 9.02. The molecule has 1 unspecified atom stereocenters. The first-order valence-electron chi connectivity index (χ1n) is 9.07. The van der Waals surface area contributed by atoms with Gasteiger partial charge in [0.05, 0.1) is 6.54 Å². The monoisotopic (exact) mass is 398 g/mol. The number of amides is 3. The molecular weight excluding hydrogens is 376 g/mol. The number of imide groups is 1. The van der Waals surface area contributed by atoms with Crippen LogP contribution in [0.3, 0.4) is 0 Å². The highest BCUT2D eigenvalue weighted by Crippen LogP contribution is 2.32. The predicted molar refractivity (Wildman–Crippen MR) is 109 cm³/mol. The summed E-state index contributed by atoms with van der Waals surface area (Å²) in [4.78, 5) is 39.1. The topological polar surface area (TPSA) is 66.5 Å². The van der Waals surface area contributed by atoms with Crippen LogP contribution < -0.4 is 5.32 Å². The Hall–Kier alpha value is -2.66. The quantitative estimate of drug-likeness (QED) is 0.611. The number of halogens is 1. The third kappa shape index (κ3) is 3.20. The first-order chi connectivity index (χ1) is 13.1. The average Bonchev–Trinajstić information content (AvgIpc) is 2.81. The van der Waals surface area contributed by atoms with Crippen LogP contribution in [0.25, 0.3) is 0 Å². The summed E-state index contributed by atoms with van der Waals surface area (Å²) < 4.78 is 0. The maximum Gasteiger partial charge on any atom is 0.325 e. The summed E-state index contributed by atoms with van der Waals surface area (Å²) >= 11 is 5.94. The smallest absolute Gasteiger partial charge is 0.319 e. The average molecular weight is 399 g/mol. The third-order valence-electron chi connectivity index (χ3n) is 5.50. The Kier molecular flexibility index (Phi) is 5.06. The van der Waals surface area contributed by atoms with Gasteiger partial charge < -0.3 is 5.32 Å². The van der Waals surface area contributed by atoms with E-state index in [0.29, 0.717) is 16.1 Å². The van der Waals surface area contributed by atoms with Crippen LogP contribution in [0.5, 0.6) is 0 Å². The van der Waals surface area contributed by atoms with Gasteiger partial charge in [-0.15, -0.1) is 0 Å². The predicted octanol–water partition coefficient (Wildman–Crippen LogP) is 4.44. The lowest BCUT2D eigenvalue weighted by atomic mass is 9.90. The largest absolute Gasteiger partial charge is 0.325 e. The number of rotatable bonds is 4. The number of carbonyl (C=O) groups is 3. The Labute approximate surface area is 169 Å². The number of Topliss-reactive ketones (excluding diaryl/α,β-unsaturated/α-hetero) is 1. The van der Waals surface area contributed by atoms with E-state index in [9.17, 15) is 14.4 Å². The van der Waals surface area contributed by atoms with Crippen molar-refractivity contribution < 1.29 is 14.4 Å². The molecule has 1 N–H and O–H groups in total. The second-order valence-electron chi connectivity index (χ2n) is 7.50. The van der Waals surface area contributed by atoms with Gasteiger partial charge in [0, 0.05) is 10.6 Å². The van der Waals surface area contributed by atoms with E-state index in [0.717, 1.165) is 22.3 Å². The molecule has 0 bridgehead atoms. The molecule has 1 aliphatic heterocycles. The Balaban J connectivity index is 1.99. The van der Waals surface area contributed by atoms with Crippen molar-refractivity contribution in [3.05, 3.63) is 68.7 Å². The van der Waals surface area contributed by atoms with E-state index in [1.165, 1.54) is 11.8 Å². The lowest BCUT2D eigenvalue weighted by Crippen LogP contribution is -2.40. The molecule has 2 aromatic rings. The van der Waals surface area contributed by atoms with Crippen LogP contribution in [0.15, 0.2) is 30.3 Å². The zero-order valence-electron chi connectivity index (χ0n) is 16.6. The molecule has 0 radical (unpaired) electrons. The van der Waals surface area contributed by atoms with E-state index >= 15 is 0 Å². The molecule has 1 atom stereocenters. The molecule has 2 aromatic carbocycles. The Morgan fingerprint density at radius 1 is 1.11 bits per heavy atom. The van der Waals surface area contributed by atoms with Gasteiger partial charge in [-0.05, 0) is 74.6 Å². The minimum atomic E-state index is -1.16. The molecule has 0 aliphatic carbocycles.